The molecule has 6 heteroatoms. The summed E-state index contributed by atoms with van der Waals surface area (Å²) in [7, 11) is 0. The third-order valence-electron chi connectivity index (χ3n) is 0.558. The van der Waals surface area contributed by atoms with Gasteiger partial charge in [-0.1, -0.05) is 0 Å². The molecule has 0 saturated heterocycles. The van der Waals surface area contributed by atoms with Gasteiger partial charge in [0.25, 0.3) is 0 Å². The van der Waals surface area contributed by atoms with Crippen molar-refractivity contribution in [3.63, 3.8) is 0 Å². The van der Waals surface area contributed by atoms with Crippen LogP contribution in [0.1, 0.15) is 0 Å². The molecule has 0 aliphatic carbocycles. The third-order valence-corrected chi connectivity index (χ3v) is 0.558. The number of hydrogen-bond donors (Lipinski definition) is 2. The van der Waals surface area contributed by atoms with E-state index in [2.05, 4.69) is 21.3 Å². The summed E-state index contributed by atoms with van der Waals surface area (Å²) in [6.45, 7) is 0. The zero-order valence-electron chi connectivity index (χ0n) is 4.57. The molecule has 0 aromatic carbocycles. The molecule has 0 unspecified atom stereocenters. The number of nitrogens with zero attached hydrogens (tertiary/aromatic N) is 3. The van der Waals surface area contributed by atoms with Crippen LogP contribution in [0.3, 0.4) is 0 Å². The number of nitrogen functional groups attached to an aromatic ring is 2. The molecule has 45 valence electrons. The fraction of sp³-hybridized carbons (Fsp3) is 0. The van der Waals surface area contributed by atoms with E-state index in [1.165, 1.54) is 0 Å². The largest absolute Gasteiger partial charge is 0.420 e. The van der Waals surface area contributed by atoms with Crippen LogP contribution in [-0.2, 0) is 32.7 Å². The standard InChI is InChI=1S/C3H4N5.Y/c4-2-6-1-7-3(5)8-2;/h(H4,4,5,6,7,8);/q-1;. The zero-order chi connectivity index (χ0) is 5.98. The first-order chi connectivity index (χ1) is 3.79. The summed E-state index contributed by atoms with van der Waals surface area (Å²) in [5.41, 5.74) is 10.2. The van der Waals surface area contributed by atoms with Crippen molar-refractivity contribution >= 4 is 11.9 Å². The number of rotatable bonds is 0. The Hall–Kier alpha value is -0.286. The molecule has 4 N–H and O–H groups in total. The maximum Gasteiger partial charge on any atom is 0.108 e. The van der Waals surface area contributed by atoms with Crippen LogP contribution >= 0.6 is 0 Å². The monoisotopic (exact) mass is 199 g/mol. The Labute approximate surface area is 77.2 Å². The molecule has 0 bridgehead atoms. The fourth-order valence-corrected chi connectivity index (χ4v) is 0.295. The predicted octanol–water partition coefficient (Wildman–Crippen LogP) is -1.17. The molecule has 0 fully saturated rings. The van der Waals surface area contributed by atoms with Crippen LogP contribution < -0.4 is 11.5 Å². The van der Waals surface area contributed by atoms with Crippen molar-refractivity contribution in [2.24, 2.45) is 0 Å². The molecule has 0 saturated carbocycles. The van der Waals surface area contributed by atoms with Gasteiger partial charge in [-0.3, -0.25) is 0 Å². The molecular formula is C3H4N5Y-. The van der Waals surface area contributed by atoms with E-state index in [1.54, 1.807) is 0 Å². The van der Waals surface area contributed by atoms with Crippen LogP contribution in [0.2, 0.25) is 0 Å². The molecule has 1 radical (unpaired) electrons. The third kappa shape index (κ3) is 2.67. The van der Waals surface area contributed by atoms with Crippen molar-refractivity contribution in [1.82, 2.24) is 15.0 Å². The summed E-state index contributed by atoms with van der Waals surface area (Å²) in [5, 5.41) is 0. The molecule has 1 aromatic rings. The first-order valence-corrected chi connectivity index (χ1v) is 1.92. The number of anilines is 2. The molecule has 0 aliphatic rings. The van der Waals surface area contributed by atoms with Crippen molar-refractivity contribution in [3.8, 4) is 0 Å². The zero-order valence-corrected chi connectivity index (χ0v) is 7.41. The van der Waals surface area contributed by atoms with Gasteiger partial charge in [0, 0.05) is 39.0 Å². The van der Waals surface area contributed by atoms with Gasteiger partial charge >= 0.3 is 0 Å². The summed E-state index contributed by atoms with van der Waals surface area (Å²) in [4.78, 5) is 10.3. The first-order valence-electron chi connectivity index (χ1n) is 1.92. The number of nitrogens with two attached hydrogens (primary N) is 2. The number of aromatic nitrogens is 3. The van der Waals surface area contributed by atoms with Gasteiger partial charge in [0.2, 0.25) is 0 Å². The Kier molecular flexibility index (Phi) is 3.57. The van der Waals surface area contributed by atoms with Gasteiger partial charge in [0.05, 0.1) is 0 Å². The van der Waals surface area contributed by atoms with Crippen molar-refractivity contribution in [2.45, 2.75) is 0 Å². The van der Waals surface area contributed by atoms with Crippen LogP contribution in [0.25, 0.3) is 0 Å². The van der Waals surface area contributed by atoms with Gasteiger partial charge in [-0.15, -0.1) is 0 Å². The van der Waals surface area contributed by atoms with E-state index in [0.717, 1.165) is 0 Å². The van der Waals surface area contributed by atoms with Crippen molar-refractivity contribution in [1.29, 1.82) is 0 Å². The van der Waals surface area contributed by atoms with Crippen LogP contribution in [-0.4, -0.2) is 15.0 Å². The van der Waals surface area contributed by atoms with E-state index < -0.39 is 0 Å². The number of hydrogen-bond acceptors (Lipinski definition) is 5. The van der Waals surface area contributed by atoms with E-state index >= 15 is 0 Å². The van der Waals surface area contributed by atoms with E-state index in [9.17, 15) is 0 Å². The molecular weight excluding hydrogens is 195 g/mol. The average molecular weight is 199 g/mol. The van der Waals surface area contributed by atoms with E-state index in [0.29, 0.717) is 0 Å². The van der Waals surface area contributed by atoms with E-state index in [-0.39, 0.29) is 44.6 Å². The van der Waals surface area contributed by atoms with Crippen LogP contribution in [0.5, 0.6) is 0 Å². The normalized spacial score (nSPS) is 8.00. The second kappa shape index (κ2) is 3.68. The molecule has 0 amide bonds. The van der Waals surface area contributed by atoms with Crippen molar-refractivity contribution in [2.75, 3.05) is 11.5 Å². The van der Waals surface area contributed by atoms with Gasteiger partial charge in [0.1, 0.15) is 11.9 Å². The Morgan fingerprint density at radius 1 is 1.11 bits per heavy atom. The Balaban J connectivity index is 0.000000640. The van der Waals surface area contributed by atoms with Gasteiger partial charge < -0.3 is 26.4 Å². The smallest absolute Gasteiger partial charge is 0.108 e. The maximum absolute atomic E-state index is 5.09. The topological polar surface area (TPSA) is 90.7 Å². The average Bonchev–Trinajstić information content (AvgIpc) is 1.64. The molecule has 5 nitrogen and oxygen atoms in total. The van der Waals surface area contributed by atoms with Crippen molar-refractivity contribution < 1.29 is 32.7 Å². The minimum Gasteiger partial charge on any atom is -0.420 e. The maximum atomic E-state index is 5.09. The molecule has 1 aromatic heterocycles. The SMILES string of the molecule is Nc1n[c-]nc(N)n1.[Y]. The summed E-state index contributed by atoms with van der Waals surface area (Å²) < 4.78 is 0. The molecule has 0 spiro atoms. The summed E-state index contributed by atoms with van der Waals surface area (Å²) in [6.07, 6.45) is 2.22. The molecule has 0 atom stereocenters. The van der Waals surface area contributed by atoms with E-state index in [4.69, 9.17) is 11.5 Å². The van der Waals surface area contributed by atoms with Gasteiger partial charge in [0.15, 0.2) is 0 Å². The summed E-state index contributed by atoms with van der Waals surface area (Å²) in [5.74, 6) is 0.190. The minimum atomic E-state index is 0. The van der Waals surface area contributed by atoms with E-state index in [1.807, 2.05) is 0 Å². The van der Waals surface area contributed by atoms with Crippen LogP contribution in [0, 0.1) is 6.33 Å². The van der Waals surface area contributed by atoms with Crippen molar-refractivity contribution in [3.05, 3.63) is 6.33 Å². The Morgan fingerprint density at radius 2 is 1.56 bits per heavy atom. The summed E-state index contributed by atoms with van der Waals surface area (Å²) in [6, 6.07) is 0. The molecule has 0 aliphatic heterocycles. The van der Waals surface area contributed by atoms with Gasteiger partial charge in [-0.2, -0.15) is 0 Å². The molecule has 9 heavy (non-hydrogen) atoms. The van der Waals surface area contributed by atoms with Crippen LogP contribution in [0.4, 0.5) is 11.9 Å². The minimum absolute atomic E-state index is 0. The summed E-state index contributed by atoms with van der Waals surface area (Å²) >= 11 is 0. The van der Waals surface area contributed by atoms with Gasteiger partial charge in [-0.05, 0) is 0 Å². The first kappa shape index (κ1) is 8.71. The van der Waals surface area contributed by atoms with Gasteiger partial charge in [-0.25, -0.2) is 0 Å². The second-order valence-corrected chi connectivity index (χ2v) is 1.15. The Bertz CT molecular complexity index is 172. The Morgan fingerprint density at radius 3 is 1.78 bits per heavy atom. The molecule has 1 heterocycles. The quantitative estimate of drug-likeness (QED) is 0.514. The molecule has 1 rings (SSSR count). The predicted molar refractivity (Wildman–Crippen MR) is 27.5 cm³/mol. The fourth-order valence-electron chi connectivity index (χ4n) is 0.295. The van der Waals surface area contributed by atoms with Crippen LogP contribution in [0.15, 0.2) is 0 Å². The second-order valence-electron chi connectivity index (χ2n) is 1.15.